The first kappa shape index (κ1) is 22.6. The van der Waals surface area contributed by atoms with Crippen molar-refractivity contribution in [1.82, 2.24) is 15.0 Å². The number of hydrogen-bond acceptors (Lipinski definition) is 6. The highest BCUT2D eigenvalue weighted by atomic mass is 16.6. The molecule has 2 amide bonds. The summed E-state index contributed by atoms with van der Waals surface area (Å²) in [7, 11) is 0. The third kappa shape index (κ3) is 7.03. The number of nitrogen functional groups attached to an aromatic ring is 1. The molecule has 1 aliphatic rings. The molecule has 2 heterocycles. The van der Waals surface area contributed by atoms with E-state index in [0.29, 0.717) is 18.8 Å². The quantitative estimate of drug-likeness (QED) is 0.699. The monoisotopic (exact) mass is 404 g/mol. The molecule has 2 rings (SSSR count). The molecule has 1 fully saturated rings. The smallest absolute Gasteiger partial charge is 0.308 e. The van der Waals surface area contributed by atoms with Crippen LogP contribution in [0.3, 0.4) is 0 Å². The second kappa shape index (κ2) is 9.71. The average Bonchev–Trinajstić information content (AvgIpc) is 2.60. The molecule has 1 aromatic rings. The maximum absolute atomic E-state index is 13.0. The van der Waals surface area contributed by atoms with E-state index in [4.69, 9.17) is 10.5 Å². The van der Waals surface area contributed by atoms with Gasteiger partial charge in [0.05, 0.1) is 13.0 Å². The number of rotatable bonds is 7. The Bertz CT molecular complexity index is 744. The number of aryl methyl sites for hydroxylation is 1. The van der Waals surface area contributed by atoms with E-state index < -0.39 is 5.60 Å². The van der Waals surface area contributed by atoms with Crippen LogP contribution in [0.2, 0.25) is 0 Å². The zero-order chi connectivity index (χ0) is 21.6. The lowest BCUT2D eigenvalue weighted by atomic mass is 9.91. The fraction of sp³-hybridized carbons (Fsp3) is 0.619. The van der Waals surface area contributed by atoms with E-state index in [1.807, 2.05) is 12.1 Å². The van der Waals surface area contributed by atoms with Gasteiger partial charge in [0.1, 0.15) is 11.4 Å². The van der Waals surface area contributed by atoms with Crippen molar-refractivity contribution in [2.24, 2.45) is 5.92 Å². The molecule has 0 aromatic carbocycles. The number of piperidine rings is 1. The summed E-state index contributed by atoms with van der Waals surface area (Å²) in [5, 5.41) is 2.88. The molecule has 1 aliphatic heterocycles. The van der Waals surface area contributed by atoms with Crippen molar-refractivity contribution in [1.29, 1.82) is 0 Å². The molecule has 0 unspecified atom stereocenters. The van der Waals surface area contributed by atoms with E-state index >= 15 is 0 Å². The van der Waals surface area contributed by atoms with Gasteiger partial charge in [0.2, 0.25) is 11.8 Å². The number of anilines is 1. The van der Waals surface area contributed by atoms with E-state index in [1.165, 1.54) is 16.9 Å². The Morgan fingerprint density at radius 3 is 2.72 bits per heavy atom. The van der Waals surface area contributed by atoms with Crippen LogP contribution >= 0.6 is 0 Å². The van der Waals surface area contributed by atoms with Crippen LogP contribution in [0.25, 0.3) is 0 Å². The summed E-state index contributed by atoms with van der Waals surface area (Å²) in [6.07, 6.45) is 4.69. The third-order valence-electron chi connectivity index (χ3n) is 4.76. The summed E-state index contributed by atoms with van der Waals surface area (Å²) < 4.78 is 5.30. The van der Waals surface area contributed by atoms with Crippen LogP contribution in [0.5, 0.6) is 0 Å². The van der Waals surface area contributed by atoms with Crippen molar-refractivity contribution < 1.29 is 19.1 Å². The van der Waals surface area contributed by atoms with Crippen LogP contribution in [0.1, 0.15) is 58.9 Å². The largest absolute Gasteiger partial charge is 0.460 e. The topological polar surface area (TPSA) is 106 Å². The Hall–Kier alpha value is -2.64. The van der Waals surface area contributed by atoms with Crippen molar-refractivity contribution in [3.8, 4) is 0 Å². The Balaban J connectivity index is 1.97. The van der Waals surface area contributed by atoms with Gasteiger partial charge in [-0.1, -0.05) is 0 Å². The van der Waals surface area contributed by atoms with Crippen molar-refractivity contribution in [2.45, 2.75) is 65.4 Å². The van der Waals surface area contributed by atoms with E-state index in [9.17, 15) is 14.4 Å². The minimum Gasteiger partial charge on any atom is -0.460 e. The Labute approximate surface area is 172 Å². The maximum Gasteiger partial charge on any atom is 0.308 e. The van der Waals surface area contributed by atoms with E-state index in [1.54, 1.807) is 27.0 Å². The number of hydrogen-bond donors (Lipinski definition) is 1. The first-order valence-corrected chi connectivity index (χ1v) is 10.1. The molecule has 1 saturated heterocycles. The van der Waals surface area contributed by atoms with Crippen molar-refractivity contribution in [3.63, 3.8) is 0 Å². The molecule has 160 valence electrons. The highest BCUT2D eigenvalue weighted by molar-refractivity contribution is 5.83. The standard InChI is InChI=1S/C21H32N4O4/c1-15(26)24(13-10-19(27)29-21(2,3)4)25-12-5-6-17(20(25)28)8-7-16-9-11-23-18(22)14-16/h9,11,14,17H,5-8,10,12-13H2,1-4H3,(H2,22,23)/t17-/m0/s1. The van der Waals surface area contributed by atoms with Gasteiger partial charge in [0, 0.05) is 25.6 Å². The predicted octanol–water partition coefficient (Wildman–Crippen LogP) is 2.33. The molecule has 0 saturated carbocycles. The summed E-state index contributed by atoms with van der Waals surface area (Å²) in [4.78, 5) is 41.2. The second-order valence-corrected chi connectivity index (χ2v) is 8.41. The number of nitrogens with zero attached hydrogens (tertiary/aromatic N) is 3. The van der Waals surface area contributed by atoms with Crippen LogP contribution in [0, 0.1) is 5.92 Å². The molecule has 0 aliphatic carbocycles. The zero-order valence-electron chi connectivity index (χ0n) is 17.8. The Kier molecular flexibility index (Phi) is 7.59. The summed E-state index contributed by atoms with van der Waals surface area (Å²) in [5.41, 5.74) is 6.17. The second-order valence-electron chi connectivity index (χ2n) is 8.41. The normalized spacial score (nSPS) is 17.2. The third-order valence-corrected chi connectivity index (χ3v) is 4.76. The van der Waals surface area contributed by atoms with E-state index in [2.05, 4.69) is 4.98 Å². The molecule has 1 aromatic heterocycles. The fourth-order valence-corrected chi connectivity index (χ4v) is 3.47. The van der Waals surface area contributed by atoms with Crippen molar-refractivity contribution >= 4 is 23.6 Å². The van der Waals surface area contributed by atoms with Crippen LogP contribution in [-0.4, -0.2) is 51.5 Å². The molecular weight excluding hydrogens is 372 g/mol. The minimum atomic E-state index is -0.583. The van der Waals surface area contributed by atoms with Gasteiger partial charge in [0.15, 0.2) is 0 Å². The minimum absolute atomic E-state index is 0.0432. The summed E-state index contributed by atoms with van der Waals surface area (Å²) in [6, 6.07) is 3.71. The average molecular weight is 405 g/mol. The maximum atomic E-state index is 13.0. The van der Waals surface area contributed by atoms with Crippen LogP contribution in [0.4, 0.5) is 5.82 Å². The van der Waals surface area contributed by atoms with Gasteiger partial charge in [-0.15, -0.1) is 0 Å². The van der Waals surface area contributed by atoms with Gasteiger partial charge in [-0.2, -0.15) is 0 Å². The number of ether oxygens (including phenoxy) is 1. The number of carbonyl (C=O) groups is 3. The summed E-state index contributed by atoms with van der Waals surface area (Å²) >= 11 is 0. The van der Waals surface area contributed by atoms with Crippen LogP contribution in [0.15, 0.2) is 18.3 Å². The van der Waals surface area contributed by atoms with Gasteiger partial charge < -0.3 is 10.5 Å². The molecular formula is C21H32N4O4. The molecule has 1 atom stereocenters. The lowest BCUT2D eigenvalue weighted by Crippen LogP contribution is -2.54. The van der Waals surface area contributed by atoms with Crippen LogP contribution in [-0.2, 0) is 25.5 Å². The number of pyridine rings is 1. The van der Waals surface area contributed by atoms with Gasteiger partial charge >= 0.3 is 5.97 Å². The van der Waals surface area contributed by atoms with Gasteiger partial charge in [0.25, 0.3) is 0 Å². The molecule has 0 radical (unpaired) electrons. The molecule has 8 heteroatoms. The fourth-order valence-electron chi connectivity index (χ4n) is 3.47. The number of nitrogens with two attached hydrogens (primary N) is 1. The molecule has 2 N–H and O–H groups in total. The lowest BCUT2D eigenvalue weighted by Gasteiger charge is -2.39. The van der Waals surface area contributed by atoms with E-state index in [0.717, 1.165) is 24.8 Å². The Morgan fingerprint density at radius 2 is 2.10 bits per heavy atom. The number of esters is 1. The SMILES string of the molecule is CC(=O)N(CCC(=O)OC(C)(C)C)N1CCC[C@@H](CCc2ccnc(N)c2)C1=O. The molecule has 29 heavy (non-hydrogen) atoms. The lowest BCUT2D eigenvalue weighted by molar-refractivity contribution is -0.172. The zero-order valence-corrected chi connectivity index (χ0v) is 17.8. The van der Waals surface area contributed by atoms with Gasteiger partial charge in [-0.05, 0) is 64.2 Å². The highest BCUT2D eigenvalue weighted by Gasteiger charge is 2.33. The van der Waals surface area contributed by atoms with Crippen molar-refractivity contribution in [2.75, 3.05) is 18.8 Å². The number of carbonyl (C=O) groups excluding carboxylic acids is 3. The molecule has 0 spiro atoms. The number of hydrazine groups is 1. The van der Waals surface area contributed by atoms with Gasteiger partial charge in [-0.3, -0.25) is 24.4 Å². The van der Waals surface area contributed by atoms with Crippen LogP contribution < -0.4 is 5.73 Å². The summed E-state index contributed by atoms with van der Waals surface area (Å²) in [6.45, 7) is 7.40. The molecule has 0 bridgehead atoms. The first-order chi connectivity index (χ1) is 13.6. The van der Waals surface area contributed by atoms with Gasteiger partial charge in [-0.25, -0.2) is 4.98 Å². The Morgan fingerprint density at radius 1 is 1.38 bits per heavy atom. The number of amides is 2. The predicted molar refractivity (Wildman–Crippen MR) is 109 cm³/mol. The van der Waals surface area contributed by atoms with E-state index in [-0.39, 0.29) is 36.7 Å². The highest BCUT2D eigenvalue weighted by Crippen LogP contribution is 2.25. The first-order valence-electron chi connectivity index (χ1n) is 10.1. The van der Waals surface area contributed by atoms with Crippen molar-refractivity contribution in [3.05, 3.63) is 23.9 Å². The molecule has 8 nitrogen and oxygen atoms in total. The summed E-state index contributed by atoms with van der Waals surface area (Å²) in [5.74, 6) is -0.423. The number of aromatic nitrogens is 1.